The van der Waals surface area contributed by atoms with E-state index in [2.05, 4.69) is 0 Å². The summed E-state index contributed by atoms with van der Waals surface area (Å²) in [6, 6.07) is 11.9. The number of carbonyl (C=O) groups is 1. The molecule has 4 heteroatoms. The predicted molar refractivity (Wildman–Crippen MR) is 71.5 cm³/mol. The Morgan fingerprint density at radius 1 is 1.15 bits per heavy atom. The van der Waals surface area contributed by atoms with E-state index < -0.39 is 23.0 Å². The molecule has 1 atom stereocenters. The van der Waals surface area contributed by atoms with Gasteiger partial charge in [0.25, 0.3) is 0 Å². The Morgan fingerprint density at radius 2 is 1.80 bits per heavy atom. The summed E-state index contributed by atoms with van der Waals surface area (Å²) in [6.07, 6.45) is 0.131. The quantitative estimate of drug-likeness (QED) is 0.927. The third-order valence-electron chi connectivity index (χ3n) is 3.40. The molecule has 0 amide bonds. The zero-order valence-electron chi connectivity index (χ0n) is 10.9. The fraction of sp³-hybridized carbons (Fsp3) is 0.188. The molecule has 0 saturated carbocycles. The maximum absolute atomic E-state index is 13.9. The normalized spacial score (nSPS) is 13.8. The standard InChI is InChI=1S/C16H14F2O2/c1-16(15(19)20,10-11-5-3-2-4-6-11)13-8-7-12(17)9-14(13)18/h2-9H,10H2,1H3,(H,19,20). The topological polar surface area (TPSA) is 37.3 Å². The molecule has 0 aromatic heterocycles. The Kier molecular flexibility index (Phi) is 3.84. The van der Waals surface area contributed by atoms with Crippen molar-refractivity contribution in [1.82, 2.24) is 0 Å². The first kappa shape index (κ1) is 14.2. The van der Waals surface area contributed by atoms with Crippen LogP contribution in [0.1, 0.15) is 18.1 Å². The van der Waals surface area contributed by atoms with Crippen molar-refractivity contribution >= 4 is 5.97 Å². The highest BCUT2D eigenvalue weighted by atomic mass is 19.1. The highest BCUT2D eigenvalue weighted by Crippen LogP contribution is 2.31. The average Bonchev–Trinajstić information content (AvgIpc) is 2.39. The minimum atomic E-state index is -1.45. The highest BCUT2D eigenvalue weighted by Gasteiger charge is 2.37. The zero-order chi connectivity index (χ0) is 14.8. The third kappa shape index (κ3) is 2.69. The lowest BCUT2D eigenvalue weighted by atomic mass is 9.77. The summed E-state index contributed by atoms with van der Waals surface area (Å²) in [7, 11) is 0. The number of carboxylic acid groups (broad SMARTS) is 1. The molecular formula is C16H14F2O2. The van der Waals surface area contributed by atoms with Crippen LogP contribution in [0.2, 0.25) is 0 Å². The van der Waals surface area contributed by atoms with E-state index >= 15 is 0 Å². The molecule has 1 unspecified atom stereocenters. The third-order valence-corrected chi connectivity index (χ3v) is 3.40. The summed E-state index contributed by atoms with van der Waals surface area (Å²) in [6.45, 7) is 1.44. The monoisotopic (exact) mass is 276 g/mol. The molecule has 2 aromatic rings. The van der Waals surface area contributed by atoms with Gasteiger partial charge in [-0.25, -0.2) is 8.78 Å². The Balaban J connectivity index is 2.47. The van der Waals surface area contributed by atoms with Crippen LogP contribution < -0.4 is 0 Å². The first-order valence-electron chi connectivity index (χ1n) is 6.16. The minimum Gasteiger partial charge on any atom is -0.481 e. The van der Waals surface area contributed by atoms with Crippen LogP contribution in [0.15, 0.2) is 48.5 Å². The van der Waals surface area contributed by atoms with E-state index in [1.54, 1.807) is 24.3 Å². The number of carboxylic acids is 1. The smallest absolute Gasteiger partial charge is 0.314 e. The molecule has 2 aromatic carbocycles. The van der Waals surface area contributed by atoms with E-state index in [-0.39, 0.29) is 12.0 Å². The molecular weight excluding hydrogens is 262 g/mol. The molecule has 2 rings (SSSR count). The lowest BCUT2D eigenvalue weighted by molar-refractivity contribution is -0.143. The molecule has 0 saturated heterocycles. The lowest BCUT2D eigenvalue weighted by Crippen LogP contribution is -2.35. The zero-order valence-corrected chi connectivity index (χ0v) is 10.9. The molecule has 0 radical (unpaired) electrons. The molecule has 0 aliphatic rings. The number of hydrogen-bond donors (Lipinski definition) is 1. The Labute approximate surface area is 115 Å². The van der Waals surface area contributed by atoms with Crippen molar-refractivity contribution in [2.45, 2.75) is 18.8 Å². The first-order chi connectivity index (χ1) is 9.43. The van der Waals surface area contributed by atoms with Gasteiger partial charge in [0.2, 0.25) is 0 Å². The van der Waals surface area contributed by atoms with Crippen molar-refractivity contribution in [1.29, 1.82) is 0 Å². The SMILES string of the molecule is CC(Cc1ccccc1)(C(=O)O)c1ccc(F)cc1F. The van der Waals surface area contributed by atoms with E-state index in [0.29, 0.717) is 6.07 Å². The van der Waals surface area contributed by atoms with Crippen molar-refractivity contribution in [3.8, 4) is 0 Å². The van der Waals surface area contributed by atoms with Gasteiger partial charge in [-0.2, -0.15) is 0 Å². The number of rotatable bonds is 4. The van der Waals surface area contributed by atoms with Crippen molar-refractivity contribution in [3.63, 3.8) is 0 Å². The molecule has 1 N–H and O–H groups in total. The van der Waals surface area contributed by atoms with Crippen molar-refractivity contribution < 1.29 is 18.7 Å². The van der Waals surface area contributed by atoms with Crippen LogP contribution in [-0.2, 0) is 16.6 Å². The summed E-state index contributed by atoms with van der Waals surface area (Å²) in [5.41, 5.74) is -0.685. The van der Waals surface area contributed by atoms with Gasteiger partial charge in [0.1, 0.15) is 11.6 Å². The lowest BCUT2D eigenvalue weighted by Gasteiger charge is -2.26. The first-order valence-corrected chi connectivity index (χ1v) is 6.16. The van der Waals surface area contributed by atoms with E-state index in [1.807, 2.05) is 6.07 Å². The largest absolute Gasteiger partial charge is 0.481 e. The molecule has 2 nitrogen and oxygen atoms in total. The Morgan fingerprint density at radius 3 is 2.35 bits per heavy atom. The summed E-state index contributed by atoms with van der Waals surface area (Å²) < 4.78 is 26.9. The van der Waals surface area contributed by atoms with Crippen LogP contribution >= 0.6 is 0 Å². The van der Waals surface area contributed by atoms with E-state index in [4.69, 9.17) is 0 Å². The van der Waals surface area contributed by atoms with Crippen LogP contribution in [0.3, 0.4) is 0 Å². The molecule has 0 spiro atoms. The minimum absolute atomic E-state index is 0.0183. The fourth-order valence-electron chi connectivity index (χ4n) is 2.23. The number of benzene rings is 2. The van der Waals surface area contributed by atoms with Crippen LogP contribution in [0.4, 0.5) is 8.78 Å². The fourth-order valence-corrected chi connectivity index (χ4v) is 2.23. The van der Waals surface area contributed by atoms with Gasteiger partial charge in [-0.3, -0.25) is 4.79 Å². The van der Waals surface area contributed by atoms with Gasteiger partial charge in [-0.1, -0.05) is 36.4 Å². The second kappa shape index (κ2) is 5.41. The van der Waals surface area contributed by atoms with E-state index in [9.17, 15) is 18.7 Å². The van der Waals surface area contributed by atoms with Crippen LogP contribution in [0.5, 0.6) is 0 Å². The predicted octanol–water partition coefficient (Wildman–Crippen LogP) is 3.55. The van der Waals surface area contributed by atoms with Gasteiger partial charge in [-0.05, 0) is 25.0 Å². The molecule has 0 aliphatic carbocycles. The maximum atomic E-state index is 13.9. The second-order valence-electron chi connectivity index (χ2n) is 4.92. The van der Waals surface area contributed by atoms with Crippen LogP contribution in [0, 0.1) is 11.6 Å². The van der Waals surface area contributed by atoms with Gasteiger partial charge in [0.15, 0.2) is 0 Å². The maximum Gasteiger partial charge on any atom is 0.314 e. The molecule has 0 bridgehead atoms. The summed E-state index contributed by atoms with van der Waals surface area (Å²) in [5.74, 6) is -2.71. The number of hydrogen-bond acceptors (Lipinski definition) is 1. The highest BCUT2D eigenvalue weighted by molar-refractivity contribution is 5.81. The van der Waals surface area contributed by atoms with Gasteiger partial charge < -0.3 is 5.11 Å². The Bertz CT molecular complexity index is 626. The molecule has 0 heterocycles. The van der Waals surface area contributed by atoms with Crippen molar-refractivity contribution in [3.05, 3.63) is 71.3 Å². The summed E-state index contributed by atoms with van der Waals surface area (Å²) in [4.78, 5) is 11.6. The summed E-state index contributed by atoms with van der Waals surface area (Å²) in [5, 5.41) is 9.48. The van der Waals surface area contributed by atoms with Gasteiger partial charge in [0.05, 0.1) is 5.41 Å². The molecule has 0 fully saturated rings. The van der Waals surface area contributed by atoms with Gasteiger partial charge in [-0.15, -0.1) is 0 Å². The van der Waals surface area contributed by atoms with Crippen LogP contribution in [-0.4, -0.2) is 11.1 Å². The number of halogens is 2. The average molecular weight is 276 g/mol. The molecule has 20 heavy (non-hydrogen) atoms. The van der Waals surface area contributed by atoms with E-state index in [1.165, 1.54) is 13.0 Å². The second-order valence-corrected chi connectivity index (χ2v) is 4.92. The van der Waals surface area contributed by atoms with Gasteiger partial charge >= 0.3 is 5.97 Å². The van der Waals surface area contributed by atoms with E-state index in [0.717, 1.165) is 11.6 Å². The summed E-state index contributed by atoms with van der Waals surface area (Å²) >= 11 is 0. The Hall–Kier alpha value is -2.23. The van der Waals surface area contributed by atoms with Crippen LogP contribution in [0.25, 0.3) is 0 Å². The van der Waals surface area contributed by atoms with Crippen molar-refractivity contribution in [2.24, 2.45) is 0 Å². The number of aliphatic carboxylic acids is 1. The molecule has 0 aliphatic heterocycles. The molecule has 104 valence electrons. The van der Waals surface area contributed by atoms with Gasteiger partial charge in [0, 0.05) is 11.6 Å². The van der Waals surface area contributed by atoms with Crippen molar-refractivity contribution in [2.75, 3.05) is 0 Å².